The first-order valence-electron chi connectivity index (χ1n) is 15.3. The maximum absolute atomic E-state index is 14.1. The van der Waals surface area contributed by atoms with Crippen LogP contribution >= 0.6 is 15.9 Å². The maximum atomic E-state index is 14.1. The van der Waals surface area contributed by atoms with Gasteiger partial charge < -0.3 is 9.47 Å². The van der Waals surface area contributed by atoms with E-state index in [4.69, 9.17) is 9.47 Å². The molecule has 0 unspecified atom stereocenters. The zero-order valence-corrected chi connectivity index (χ0v) is 25.4. The lowest BCUT2D eigenvalue weighted by molar-refractivity contribution is -0.157. The van der Waals surface area contributed by atoms with Gasteiger partial charge in [0.1, 0.15) is 12.2 Å². The van der Waals surface area contributed by atoms with Crippen molar-refractivity contribution >= 4 is 27.9 Å². The van der Waals surface area contributed by atoms with Gasteiger partial charge >= 0.3 is 11.9 Å². The van der Waals surface area contributed by atoms with E-state index >= 15 is 0 Å². The molecule has 0 amide bonds. The van der Waals surface area contributed by atoms with Gasteiger partial charge in [-0.1, -0.05) is 67.6 Å². The third-order valence-electron chi connectivity index (χ3n) is 8.48. The zero-order valence-electron chi connectivity index (χ0n) is 23.8. The average molecular weight is 614 g/mol. The number of benzene rings is 1. The molecule has 2 fully saturated rings. The summed E-state index contributed by atoms with van der Waals surface area (Å²) >= 11 is 3.79. The van der Waals surface area contributed by atoms with Gasteiger partial charge in [-0.05, 0) is 106 Å². The Kier molecular flexibility index (Phi) is 13.7. The number of carbonyl (C=O) groups is 2. The highest BCUT2D eigenvalue weighted by Crippen LogP contribution is 2.41. The second kappa shape index (κ2) is 16.7. The molecule has 1 aromatic rings. The predicted molar refractivity (Wildman–Crippen MR) is 154 cm³/mol. The van der Waals surface area contributed by atoms with Gasteiger partial charge in [-0.2, -0.15) is 0 Å². The number of hydrogen-bond acceptors (Lipinski definition) is 4. The monoisotopic (exact) mass is 612 g/mol. The summed E-state index contributed by atoms with van der Waals surface area (Å²) in [6.45, 7) is 4.12. The lowest BCUT2D eigenvalue weighted by Gasteiger charge is -2.31. The van der Waals surface area contributed by atoms with Crippen LogP contribution in [0, 0.1) is 0 Å². The predicted octanol–water partition coefficient (Wildman–Crippen LogP) is 9.42. The van der Waals surface area contributed by atoms with E-state index in [0.29, 0.717) is 11.8 Å². The summed E-state index contributed by atoms with van der Waals surface area (Å²) in [5.41, 5.74) is 2.55. The molecule has 0 spiro atoms. The van der Waals surface area contributed by atoms with Gasteiger partial charge in [-0.25, -0.2) is 18.4 Å². The van der Waals surface area contributed by atoms with E-state index in [2.05, 4.69) is 48.0 Å². The third-order valence-corrected chi connectivity index (χ3v) is 9.17. The first kappa shape index (κ1) is 32.0. The fraction of sp³-hybridized carbons (Fsp3) is 0.750. The van der Waals surface area contributed by atoms with Crippen molar-refractivity contribution in [3.63, 3.8) is 0 Å². The average Bonchev–Trinajstić information content (AvgIpc) is 2.94. The molecule has 0 radical (unpaired) electrons. The van der Waals surface area contributed by atoms with Crippen LogP contribution in [0.5, 0.6) is 0 Å². The number of unbranched alkanes of at least 4 members (excludes halogenated alkanes) is 4. The van der Waals surface area contributed by atoms with Crippen LogP contribution < -0.4 is 0 Å². The first-order chi connectivity index (χ1) is 18.8. The van der Waals surface area contributed by atoms with Gasteiger partial charge in [0.25, 0.3) is 0 Å². The van der Waals surface area contributed by atoms with Crippen LogP contribution in [-0.2, 0) is 19.1 Å². The van der Waals surface area contributed by atoms with Crippen molar-refractivity contribution in [1.82, 2.24) is 0 Å². The molecule has 0 heterocycles. The Labute approximate surface area is 242 Å². The number of rotatable bonds is 14. The summed E-state index contributed by atoms with van der Waals surface area (Å²) < 4.78 is 40.3. The van der Waals surface area contributed by atoms with Crippen LogP contribution in [0.2, 0.25) is 0 Å². The quantitative estimate of drug-likeness (QED) is 0.155. The van der Waals surface area contributed by atoms with Gasteiger partial charge in [0.05, 0.1) is 0 Å². The summed E-state index contributed by atoms with van der Waals surface area (Å²) in [5.74, 6) is -0.601. The molecular weight excluding hydrogens is 566 g/mol. The lowest BCUT2D eigenvalue weighted by atomic mass is 9.80. The van der Waals surface area contributed by atoms with Gasteiger partial charge in [0.15, 0.2) is 12.3 Å². The molecule has 0 saturated heterocycles. The van der Waals surface area contributed by atoms with Crippen molar-refractivity contribution in [3.8, 4) is 0 Å². The Morgan fingerprint density at radius 3 is 1.67 bits per heavy atom. The molecule has 220 valence electrons. The molecule has 3 rings (SSSR count). The smallest absolute Gasteiger partial charge is 0.340 e. The minimum Gasteiger partial charge on any atom is -0.460 e. The Balaban J connectivity index is 1.42. The molecule has 4 nitrogen and oxygen atoms in total. The minimum absolute atomic E-state index is 0.186. The van der Waals surface area contributed by atoms with Gasteiger partial charge in [0, 0.05) is 4.47 Å². The molecule has 2 atom stereocenters. The second-order valence-electron chi connectivity index (χ2n) is 11.5. The zero-order chi connectivity index (χ0) is 28.2. The standard InChI is InChI=1S/C32H47BrF2O4/c1-3-5-7-9-29(34)31(36)38-25-16-11-22(12-17-25)24-15-20-27(28(33)21-24)23-13-18-26(19-14-23)39-32(37)30(35)10-8-6-4-2/h15,20-23,25-26,29-30H,3-14,16-19H2,1-2H3/t22-,23-,25-,26-,29-,30-/m0/s1. The number of alkyl halides is 2. The molecule has 0 aromatic heterocycles. The Morgan fingerprint density at radius 1 is 0.769 bits per heavy atom. The molecule has 2 saturated carbocycles. The number of halogens is 3. The maximum Gasteiger partial charge on any atom is 0.340 e. The summed E-state index contributed by atoms with van der Waals surface area (Å²) in [4.78, 5) is 24.2. The van der Waals surface area contributed by atoms with Crippen LogP contribution in [-0.4, -0.2) is 36.5 Å². The van der Waals surface area contributed by atoms with Crippen molar-refractivity contribution in [2.45, 2.75) is 153 Å². The molecule has 1 aromatic carbocycles. The number of ether oxygens (including phenoxy) is 2. The molecule has 2 aliphatic rings. The van der Waals surface area contributed by atoms with Crippen LogP contribution in [0.15, 0.2) is 22.7 Å². The van der Waals surface area contributed by atoms with Crippen molar-refractivity contribution in [2.75, 3.05) is 0 Å². The number of esters is 2. The molecular formula is C32H47BrF2O4. The fourth-order valence-corrected chi connectivity index (χ4v) is 6.71. The summed E-state index contributed by atoms with van der Waals surface area (Å²) in [6, 6.07) is 6.63. The number of hydrogen-bond donors (Lipinski definition) is 0. The highest BCUT2D eigenvalue weighted by Gasteiger charge is 2.30. The van der Waals surface area contributed by atoms with Crippen molar-refractivity contribution in [1.29, 1.82) is 0 Å². The van der Waals surface area contributed by atoms with E-state index in [1.807, 2.05) is 0 Å². The Bertz CT molecular complexity index is 894. The van der Waals surface area contributed by atoms with E-state index in [1.54, 1.807) is 0 Å². The Morgan fingerprint density at radius 2 is 1.23 bits per heavy atom. The summed E-state index contributed by atoms with van der Waals surface area (Å²) in [5, 5.41) is 0. The van der Waals surface area contributed by atoms with Crippen LogP contribution in [0.3, 0.4) is 0 Å². The topological polar surface area (TPSA) is 52.6 Å². The van der Waals surface area contributed by atoms with Crippen molar-refractivity contribution in [2.24, 2.45) is 0 Å². The van der Waals surface area contributed by atoms with Gasteiger partial charge in [0.2, 0.25) is 0 Å². The number of carbonyl (C=O) groups excluding carboxylic acids is 2. The summed E-state index contributed by atoms with van der Waals surface area (Å²) in [7, 11) is 0. The normalized spacial score (nSPS) is 25.1. The third kappa shape index (κ3) is 10.1. The van der Waals surface area contributed by atoms with E-state index in [9.17, 15) is 18.4 Å². The van der Waals surface area contributed by atoms with E-state index < -0.39 is 24.3 Å². The molecule has 2 aliphatic carbocycles. The first-order valence-corrected chi connectivity index (χ1v) is 16.1. The van der Waals surface area contributed by atoms with E-state index in [-0.39, 0.29) is 25.0 Å². The second-order valence-corrected chi connectivity index (χ2v) is 12.4. The van der Waals surface area contributed by atoms with E-state index in [0.717, 1.165) is 94.4 Å². The molecule has 0 bridgehead atoms. The highest BCUT2D eigenvalue weighted by molar-refractivity contribution is 9.10. The molecule has 0 aliphatic heterocycles. The van der Waals surface area contributed by atoms with Crippen LogP contribution in [0.4, 0.5) is 8.78 Å². The van der Waals surface area contributed by atoms with E-state index in [1.165, 1.54) is 11.1 Å². The van der Waals surface area contributed by atoms with Crippen molar-refractivity contribution in [3.05, 3.63) is 33.8 Å². The largest absolute Gasteiger partial charge is 0.460 e. The van der Waals surface area contributed by atoms with Gasteiger partial charge in [-0.15, -0.1) is 0 Å². The fourth-order valence-electron chi connectivity index (χ4n) is 5.99. The Hall–Kier alpha value is -1.50. The molecule has 7 heteroatoms. The van der Waals surface area contributed by atoms with Crippen molar-refractivity contribution < 1.29 is 27.8 Å². The highest BCUT2D eigenvalue weighted by atomic mass is 79.9. The van der Waals surface area contributed by atoms with Gasteiger partial charge in [-0.3, -0.25) is 0 Å². The minimum atomic E-state index is -1.51. The SMILES string of the molecule is CCCCC[C@H](F)C(=O)O[C@H]1CC[C@H](c2ccc([C@H]3CC[C@H](OC(=O)[C@@H](F)CCCCC)CC3)c(Br)c2)CC1. The van der Waals surface area contributed by atoms with Crippen LogP contribution in [0.1, 0.15) is 140 Å². The molecule has 0 N–H and O–H groups in total. The van der Waals surface area contributed by atoms with Crippen LogP contribution in [0.25, 0.3) is 0 Å². The summed E-state index contributed by atoms with van der Waals surface area (Å²) in [6.07, 6.45) is 9.13. The lowest BCUT2D eigenvalue weighted by Crippen LogP contribution is -2.28. The molecule has 39 heavy (non-hydrogen) atoms.